The van der Waals surface area contributed by atoms with Gasteiger partial charge >= 0.3 is 11.9 Å². The van der Waals surface area contributed by atoms with Crippen molar-refractivity contribution in [3.63, 3.8) is 0 Å². The van der Waals surface area contributed by atoms with Gasteiger partial charge in [-0.1, -0.05) is 53.4 Å². The first kappa shape index (κ1) is 28.9. The number of hydrogen-bond donors (Lipinski definition) is 1. The Balaban J connectivity index is 5.26. The normalized spacial score (nSPS) is 15.9. The van der Waals surface area contributed by atoms with E-state index < -0.39 is 44.9 Å². The first-order valence-electron chi connectivity index (χ1n) is 11.0. The third kappa shape index (κ3) is 9.77. The number of carbonyl (C=O) groups is 2. The molecule has 0 aromatic heterocycles. The van der Waals surface area contributed by atoms with Crippen LogP contribution in [0, 0.1) is 11.8 Å². The molecule has 7 nitrogen and oxygen atoms in total. The summed E-state index contributed by atoms with van der Waals surface area (Å²) in [5, 5.41) is -2.01. The van der Waals surface area contributed by atoms with Gasteiger partial charge in [-0.25, -0.2) is 0 Å². The highest BCUT2D eigenvalue weighted by molar-refractivity contribution is 7.87. The Bertz CT molecular complexity index is 652. The maximum atomic E-state index is 12.6. The van der Waals surface area contributed by atoms with E-state index >= 15 is 0 Å². The molecule has 0 aromatic rings. The van der Waals surface area contributed by atoms with Crippen LogP contribution in [-0.4, -0.2) is 41.4 Å². The maximum Gasteiger partial charge on any atom is 0.327 e. The fourth-order valence-corrected chi connectivity index (χ4v) is 3.68. The third-order valence-electron chi connectivity index (χ3n) is 6.07. The first-order valence-corrected chi connectivity index (χ1v) is 12.5. The molecule has 0 fully saturated rings. The van der Waals surface area contributed by atoms with Gasteiger partial charge in [-0.2, -0.15) is 8.42 Å². The molecule has 0 bridgehead atoms. The molecule has 0 radical (unpaired) electrons. The van der Waals surface area contributed by atoms with E-state index in [1.807, 2.05) is 13.8 Å². The lowest BCUT2D eigenvalue weighted by Crippen LogP contribution is -2.43. The van der Waals surface area contributed by atoms with E-state index in [1.165, 1.54) is 0 Å². The number of carbonyl (C=O) groups excluding carboxylic acids is 2. The second kappa shape index (κ2) is 12.0. The largest absolute Gasteiger partial charge is 0.459 e. The lowest BCUT2D eigenvalue weighted by molar-refractivity contribution is -0.168. The molecule has 0 heterocycles. The molecule has 0 spiro atoms. The summed E-state index contributed by atoms with van der Waals surface area (Å²) in [6.45, 7) is 14.9. The van der Waals surface area contributed by atoms with Crippen LogP contribution >= 0.6 is 0 Å². The molecule has 0 aromatic carbocycles. The van der Waals surface area contributed by atoms with Crippen LogP contribution in [0.15, 0.2) is 0 Å². The molecule has 0 aliphatic heterocycles. The van der Waals surface area contributed by atoms with Gasteiger partial charge < -0.3 is 9.47 Å². The average molecular weight is 451 g/mol. The predicted octanol–water partition coefficient (Wildman–Crippen LogP) is 4.93. The molecule has 30 heavy (non-hydrogen) atoms. The average Bonchev–Trinajstić information content (AvgIpc) is 2.59. The predicted molar refractivity (Wildman–Crippen MR) is 118 cm³/mol. The van der Waals surface area contributed by atoms with Gasteiger partial charge in [-0.05, 0) is 52.4 Å². The van der Waals surface area contributed by atoms with Crippen LogP contribution in [0.2, 0.25) is 0 Å². The second-order valence-corrected chi connectivity index (χ2v) is 11.0. The van der Waals surface area contributed by atoms with Gasteiger partial charge in [-0.3, -0.25) is 14.1 Å². The van der Waals surface area contributed by atoms with Gasteiger partial charge in [0.25, 0.3) is 10.1 Å². The molecule has 8 heteroatoms. The van der Waals surface area contributed by atoms with E-state index in [0.717, 1.165) is 38.5 Å². The molecule has 178 valence electrons. The SMILES string of the molecule is CCCCC(C)C(C)(C)OC(=O)CC(C(=O)OC(C)(C)C(C)CCCC)S(=O)(=O)O. The summed E-state index contributed by atoms with van der Waals surface area (Å²) < 4.78 is 44.1. The van der Waals surface area contributed by atoms with Crippen molar-refractivity contribution in [3.05, 3.63) is 0 Å². The van der Waals surface area contributed by atoms with Crippen molar-refractivity contribution >= 4 is 22.1 Å². The Morgan fingerprint density at radius 2 is 1.27 bits per heavy atom. The zero-order valence-corrected chi connectivity index (χ0v) is 20.8. The topological polar surface area (TPSA) is 107 Å². The van der Waals surface area contributed by atoms with Gasteiger partial charge in [0.15, 0.2) is 5.25 Å². The molecule has 0 saturated heterocycles. The van der Waals surface area contributed by atoms with E-state index in [2.05, 4.69) is 13.8 Å². The Kier molecular flexibility index (Phi) is 11.6. The Hall–Kier alpha value is -1.15. The zero-order valence-electron chi connectivity index (χ0n) is 20.0. The zero-order chi connectivity index (χ0) is 23.8. The molecular weight excluding hydrogens is 408 g/mol. The molecular formula is C22H42O7S. The van der Waals surface area contributed by atoms with Crippen molar-refractivity contribution < 1.29 is 32.0 Å². The quantitative estimate of drug-likeness (QED) is 0.295. The van der Waals surface area contributed by atoms with E-state index in [4.69, 9.17) is 9.47 Å². The Morgan fingerprint density at radius 1 is 0.867 bits per heavy atom. The summed E-state index contributed by atoms with van der Waals surface area (Å²) in [6, 6.07) is 0. The van der Waals surface area contributed by atoms with Gasteiger partial charge in [0.2, 0.25) is 0 Å². The standard InChI is InChI=1S/C22H42O7S/c1-9-11-13-16(3)21(5,6)28-19(23)15-18(30(25,26)27)20(24)29-22(7,8)17(4)14-12-10-2/h16-18H,9-15H2,1-8H3,(H,25,26,27). The minimum atomic E-state index is -4.84. The van der Waals surface area contributed by atoms with Gasteiger partial charge in [0.05, 0.1) is 6.42 Å². The Morgan fingerprint density at radius 3 is 1.63 bits per heavy atom. The first-order chi connectivity index (χ1) is 13.6. The summed E-state index contributed by atoms with van der Waals surface area (Å²) >= 11 is 0. The van der Waals surface area contributed by atoms with E-state index in [-0.39, 0.29) is 11.8 Å². The molecule has 3 unspecified atom stereocenters. The highest BCUT2D eigenvalue weighted by Gasteiger charge is 2.41. The molecule has 0 aliphatic rings. The molecule has 0 amide bonds. The highest BCUT2D eigenvalue weighted by Crippen LogP contribution is 2.29. The van der Waals surface area contributed by atoms with Crippen molar-refractivity contribution in [2.75, 3.05) is 0 Å². The van der Waals surface area contributed by atoms with Gasteiger partial charge in [-0.15, -0.1) is 0 Å². The second-order valence-electron chi connectivity index (χ2n) is 9.40. The lowest BCUT2D eigenvalue weighted by atomic mass is 9.88. The van der Waals surface area contributed by atoms with Gasteiger partial charge in [0, 0.05) is 0 Å². The van der Waals surface area contributed by atoms with Crippen molar-refractivity contribution in [2.45, 2.75) is 117 Å². The van der Waals surface area contributed by atoms with Crippen LogP contribution < -0.4 is 0 Å². The highest BCUT2D eigenvalue weighted by atomic mass is 32.2. The van der Waals surface area contributed by atoms with Crippen molar-refractivity contribution in [3.8, 4) is 0 Å². The number of ether oxygens (including phenoxy) is 2. The minimum absolute atomic E-state index is 0.0197. The summed E-state index contributed by atoms with van der Waals surface area (Å²) in [6.07, 6.45) is 4.79. The number of hydrogen-bond acceptors (Lipinski definition) is 6. The van der Waals surface area contributed by atoms with Crippen LogP contribution in [0.3, 0.4) is 0 Å². The van der Waals surface area contributed by atoms with E-state index in [1.54, 1.807) is 27.7 Å². The number of esters is 2. The van der Waals surface area contributed by atoms with Crippen LogP contribution in [0.4, 0.5) is 0 Å². The molecule has 0 rings (SSSR count). The van der Waals surface area contributed by atoms with E-state index in [9.17, 15) is 22.6 Å². The number of unbranched alkanes of at least 4 members (excludes halogenated alkanes) is 2. The maximum absolute atomic E-state index is 12.6. The summed E-state index contributed by atoms with van der Waals surface area (Å²) in [5.74, 6) is -1.97. The Labute approximate surface area is 183 Å². The fourth-order valence-electron chi connectivity index (χ4n) is 3.04. The van der Waals surface area contributed by atoms with Crippen LogP contribution in [0.5, 0.6) is 0 Å². The lowest BCUT2D eigenvalue weighted by Gasteiger charge is -2.33. The van der Waals surface area contributed by atoms with Crippen molar-refractivity contribution in [1.82, 2.24) is 0 Å². The fraction of sp³-hybridized carbons (Fsp3) is 0.909. The smallest absolute Gasteiger partial charge is 0.327 e. The molecule has 3 atom stereocenters. The minimum Gasteiger partial charge on any atom is -0.459 e. The number of rotatable bonds is 14. The molecule has 0 saturated carbocycles. The molecule has 0 aliphatic carbocycles. The summed E-state index contributed by atoms with van der Waals surface area (Å²) in [5.41, 5.74) is -1.76. The molecule has 1 N–H and O–H groups in total. The van der Waals surface area contributed by atoms with Crippen LogP contribution in [0.25, 0.3) is 0 Å². The third-order valence-corrected chi connectivity index (χ3v) is 7.15. The summed E-state index contributed by atoms with van der Waals surface area (Å²) in [4.78, 5) is 25.0. The van der Waals surface area contributed by atoms with E-state index in [0.29, 0.717) is 0 Å². The van der Waals surface area contributed by atoms with Crippen LogP contribution in [-0.2, 0) is 29.2 Å². The monoisotopic (exact) mass is 450 g/mol. The van der Waals surface area contributed by atoms with Crippen molar-refractivity contribution in [2.24, 2.45) is 11.8 Å². The van der Waals surface area contributed by atoms with Gasteiger partial charge in [0.1, 0.15) is 11.2 Å². The van der Waals surface area contributed by atoms with Crippen LogP contribution in [0.1, 0.15) is 100 Å². The summed E-state index contributed by atoms with van der Waals surface area (Å²) in [7, 11) is -4.84. The van der Waals surface area contributed by atoms with Crippen molar-refractivity contribution in [1.29, 1.82) is 0 Å².